The number of rotatable bonds is 2. The Labute approximate surface area is 158 Å². The highest BCUT2D eigenvalue weighted by Crippen LogP contribution is 2.37. The molecule has 0 radical (unpaired) electrons. The molecular formula is C19H17Br2N3. The maximum absolute atomic E-state index is 4.99. The smallest absolute Gasteiger partial charge is 0.133 e. The van der Waals surface area contributed by atoms with Gasteiger partial charge in [-0.25, -0.2) is 4.68 Å². The molecule has 3 nitrogen and oxygen atoms in total. The Bertz CT molecular complexity index is 816. The summed E-state index contributed by atoms with van der Waals surface area (Å²) in [4.78, 5) is 0. The van der Waals surface area contributed by atoms with E-state index in [1.165, 1.54) is 18.4 Å². The first-order valence-corrected chi connectivity index (χ1v) is 9.70. The van der Waals surface area contributed by atoms with E-state index in [2.05, 4.69) is 67.5 Å². The molecule has 0 amide bonds. The number of para-hydroxylation sites is 1. The van der Waals surface area contributed by atoms with Gasteiger partial charge in [-0.15, -0.1) is 0 Å². The van der Waals surface area contributed by atoms with Crippen molar-refractivity contribution in [1.29, 1.82) is 0 Å². The molecule has 2 heterocycles. The van der Waals surface area contributed by atoms with Crippen LogP contribution in [0.1, 0.15) is 18.4 Å². The lowest BCUT2D eigenvalue weighted by molar-refractivity contribution is 0.779. The fraction of sp³-hybridized carbons (Fsp3) is 0.211. The van der Waals surface area contributed by atoms with E-state index in [0.29, 0.717) is 0 Å². The van der Waals surface area contributed by atoms with Crippen molar-refractivity contribution in [3.8, 4) is 16.9 Å². The van der Waals surface area contributed by atoms with Gasteiger partial charge in [0.2, 0.25) is 0 Å². The van der Waals surface area contributed by atoms with E-state index < -0.39 is 0 Å². The standard InChI is InChI=1S/C19H17Br2N3/c20-15-9-2-1-7-13(15)18-14-8-5-6-12-22-19(14)24(23-18)17-11-4-3-10-16(17)21/h1-4,7,9-11,22H,5-6,8,12H2. The summed E-state index contributed by atoms with van der Waals surface area (Å²) in [5.74, 6) is 1.12. The molecule has 1 aliphatic heterocycles. The number of hydrogen-bond donors (Lipinski definition) is 1. The summed E-state index contributed by atoms with van der Waals surface area (Å²) >= 11 is 7.34. The molecule has 122 valence electrons. The molecule has 0 saturated heterocycles. The number of hydrogen-bond acceptors (Lipinski definition) is 2. The van der Waals surface area contributed by atoms with Gasteiger partial charge in [-0.1, -0.05) is 46.3 Å². The molecule has 0 saturated carbocycles. The summed E-state index contributed by atoms with van der Waals surface area (Å²) < 4.78 is 4.16. The van der Waals surface area contributed by atoms with Crippen molar-refractivity contribution in [2.24, 2.45) is 0 Å². The van der Waals surface area contributed by atoms with Crippen LogP contribution in [0.2, 0.25) is 0 Å². The van der Waals surface area contributed by atoms with Gasteiger partial charge in [-0.2, -0.15) is 5.10 Å². The summed E-state index contributed by atoms with van der Waals surface area (Å²) in [6.45, 7) is 0.985. The van der Waals surface area contributed by atoms with Crippen molar-refractivity contribution in [2.75, 3.05) is 11.9 Å². The minimum Gasteiger partial charge on any atom is -0.370 e. The third-order valence-corrected chi connectivity index (χ3v) is 5.70. The fourth-order valence-electron chi connectivity index (χ4n) is 3.17. The highest BCUT2D eigenvalue weighted by Gasteiger charge is 2.23. The molecule has 4 rings (SSSR count). The molecule has 0 bridgehead atoms. The lowest BCUT2D eigenvalue weighted by atomic mass is 10.0. The second-order valence-electron chi connectivity index (χ2n) is 5.90. The van der Waals surface area contributed by atoms with Gasteiger partial charge in [0.25, 0.3) is 0 Å². The van der Waals surface area contributed by atoms with Gasteiger partial charge < -0.3 is 5.32 Å². The number of nitrogens with zero attached hydrogens (tertiary/aromatic N) is 2. The molecule has 24 heavy (non-hydrogen) atoms. The quantitative estimate of drug-likeness (QED) is 0.538. The zero-order valence-electron chi connectivity index (χ0n) is 13.1. The van der Waals surface area contributed by atoms with Crippen LogP contribution in [0.3, 0.4) is 0 Å². The maximum atomic E-state index is 4.99. The number of halogens is 2. The largest absolute Gasteiger partial charge is 0.370 e. The van der Waals surface area contributed by atoms with E-state index in [-0.39, 0.29) is 0 Å². The van der Waals surface area contributed by atoms with Crippen molar-refractivity contribution in [1.82, 2.24) is 9.78 Å². The van der Waals surface area contributed by atoms with Gasteiger partial charge in [0.05, 0.1) is 11.4 Å². The third kappa shape index (κ3) is 2.80. The first-order valence-electron chi connectivity index (χ1n) is 8.11. The van der Waals surface area contributed by atoms with Crippen LogP contribution in [-0.2, 0) is 6.42 Å². The second-order valence-corrected chi connectivity index (χ2v) is 7.61. The first-order chi connectivity index (χ1) is 11.8. The highest BCUT2D eigenvalue weighted by atomic mass is 79.9. The van der Waals surface area contributed by atoms with Gasteiger partial charge in [-0.3, -0.25) is 0 Å². The maximum Gasteiger partial charge on any atom is 0.133 e. The monoisotopic (exact) mass is 445 g/mol. The van der Waals surface area contributed by atoms with E-state index in [0.717, 1.165) is 44.7 Å². The topological polar surface area (TPSA) is 29.9 Å². The predicted octanol–water partition coefficient (Wildman–Crippen LogP) is 5.81. The lowest BCUT2D eigenvalue weighted by Gasteiger charge is -2.10. The molecule has 5 heteroatoms. The second kappa shape index (κ2) is 6.73. The van der Waals surface area contributed by atoms with Crippen LogP contribution in [0.25, 0.3) is 16.9 Å². The Balaban J connectivity index is 1.96. The summed E-state index contributed by atoms with van der Waals surface area (Å²) in [6.07, 6.45) is 3.41. The first kappa shape index (κ1) is 15.9. The summed E-state index contributed by atoms with van der Waals surface area (Å²) in [5.41, 5.74) is 4.56. The predicted molar refractivity (Wildman–Crippen MR) is 106 cm³/mol. The molecular weight excluding hydrogens is 430 g/mol. The van der Waals surface area contributed by atoms with E-state index in [4.69, 9.17) is 5.10 Å². The number of fused-ring (bicyclic) bond motifs is 1. The fourth-order valence-corrected chi connectivity index (χ4v) is 4.10. The molecule has 0 unspecified atom stereocenters. The van der Waals surface area contributed by atoms with Gasteiger partial charge in [0.1, 0.15) is 5.82 Å². The van der Waals surface area contributed by atoms with Gasteiger partial charge in [0, 0.05) is 26.6 Å². The molecule has 1 aliphatic rings. The SMILES string of the molecule is Brc1ccccc1-c1nn(-c2ccccc2Br)c2c1CCCCN2. The molecule has 0 fully saturated rings. The Morgan fingerprint density at radius 3 is 2.46 bits per heavy atom. The minimum atomic E-state index is 0.985. The van der Waals surface area contributed by atoms with Gasteiger partial charge in [0.15, 0.2) is 0 Å². The van der Waals surface area contributed by atoms with Crippen molar-refractivity contribution in [3.63, 3.8) is 0 Å². The van der Waals surface area contributed by atoms with Crippen LogP contribution < -0.4 is 5.32 Å². The average Bonchev–Trinajstić information content (AvgIpc) is 2.78. The highest BCUT2D eigenvalue weighted by molar-refractivity contribution is 9.11. The normalized spacial score (nSPS) is 13.9. The molecule has 0 spiro atoms. The van der Waals surface area contributed by atoms with Crippen LogP contribution >= 0.6 is 31.9 Å². The lowest BCUT2D eigenvalue weighted by Crippen LogP contribution is -2.07. The summed E-state index contributed by atoms with van der Waals surface area (Å²) in [7, 11) is 0. The Morgan fingerprint density at radius 1 is 0.917 bits per heavy atom. The third-order valence-electron chi connectivity index (χ3n) is 4.34. The molecule has 1 aromatic heterocycles. The Hall–Kier alpha value is -1.59. The van der Waals surface area contributed by atoms with Crippen molar-refractivity contribution in [2.45, 2.75) is 19.3 Å². The Kier molecular flexibility index (Phi) is 4.46. The molecule has 0 atom stereocenters. The van der Waals surface area contributed by atoms with E-state index >= 15 is 0 Å². The van der Waals surface area contributed by atoms with E-state index in [1.54, 1.807) is 0 Å². The van der Waals surface area contributed by atoms with E-state index in [1.807, 2.05) is 22.9 Å². The number of benzene rings is 2. The molecule has 2 aromatic carbocycles. The van der Waals surface area contributed by atoms with Crippen LogP contribution in [0.15, 0.2) is 57.5 Å². The van der Waals surface area contributed by atoms with Crippen molar-refractivity contribution < 1.29 is 0 Å². The number of aromatic nitrogens is 2. The number of nitrogens with one attached hydrogen (secondary N) is 1. The van der Waals surface area contributed by atoms with Crippen molar-refractivity contribution in [3.05, 3.63) is 63.0 Å². The minimum absolute atomic E-state index is 0.985. The zero-order valence-corrected chi connectivity index (χ0v) is 16.3. The summed E-state index contributed by atoms with van der Waals surface area (Å²) in [5, 5.41) is 8.58. The molecule has 1 N–H and O–H groups in total. The van der Waals surface area contributed by atoms with Crippen LogP contribution in [0, 0.1) is 0 Å². The van der Waals surface area contributed by atoms with Crippen LogP contribution in [0.4, 0.5) is 5.82 Å². The Morgan fingerprint density at radius 2 is 1.67 bits per heavy atom. The van der Waals surface area contributed by atoms with Gasteiger partial charge >= 0.3 is 0 Å². The average molecular weight is 447 g/mol. The number of anilines is 1. The molecule has 0 aliphatic carbocycles. The van der Waals surface area contributed by atoms with Crippen molar-refractivity contribution >= 4 is 37.7 Å². The van der Waals surface area contributed by atoms with Gasteiger partial charge in [-0.05, 0) is 53.4 Å². The zero-order chi connectivity index (χ0) is 16.5. The molecule has 3 aromatic rings. The van der Waals surface area contributed by atoms with Crippen LogP contribution in [0.5, 0.6) is 0 Å². The summed E-state index contributed by atoms with van der Waals surface area (Å²) in [6, 6.07) is 16.5. The van der Waals surface area contributed by atoms with E-state index in [9.17, 15) is 0 Å². The van der Waals surface area contributed by atoms with Crippen LogP contribution in [-0.4, -0.2) is 16.3 Å².